The van der Waals surface area contributed by atoms with E-state index in [-0.39, 0.29) is 0 Å². The van der Waals surface area contributed by atoms with Crippen molar-refractivity contribution >= 4 is 0 Å². The highest BCUT2D eigenvalue weighted by Gasteiger charge is 2.52. The summed E-state index contributed by atoms with van der Waals surface area (Å²) in [4.78, 5) is 0. The minimum atomic E-state index is -0.742. The molecule has 0 aromatic carbocycles. The number of hydrogen-bond donors (Lipinski definition) is 1. The van der Waals surface area contributed by atoms with Crippen LogP contribution in [0.2, 0.25) is 0 Å². The van der Waals surface area contributed by atoms with Crippen molar-refractivity contribution in [3.63, 3.8) is 0 Å². The molecule has 0 aromatic heterocycles. The Hall–Kier alpha value is -0.560. The molecule has 1 N–H and O–H groups in total. The maximum absolute atomic E-state index is 10.3. The van der Waals surface area contributed by atoms with E-state index in [1.165, 1.54) is 37.7 Å². The van der Waals surface area contributed by atoms with E-state index in [1.54, 1.807) is 6.08 Å². The molecule has 0 aliphatic heterocycles. The average molecular weight is 290 g/mol. The van der Waals surface area contributed by atoms with Gasteiger partial charge in [0.1, 0.15) is 0 Å². The first kappa shape index (κ1) is 16.8. The maximum Gasteiger partial charge on any atom is 0.0797 e. The lowest BCUT2D eigenvalue weighted by Gasteiger charge is -2.58. The molecule has 2 rings (SSSR count). The fraction of sp³-hybridized carbons (Fsp3) is 0.800. The molecule has 0 radical (unpaired) electrons. The Bertz CT molecular complexity index is 418. The first-order valence-electron chi connectivity index (χ1n) is 8.66. The van der Waals surface area contributed by atoms with Crippen molar-refractivity contribution in [2.45, 2.75) is 78.2 Å². The minimum Gasteiger partial charge on any atom is -0.386 e. The highest BCUT2D eigenvalue weighted by atomic mass is 16.3. The summed E-state index contributed by atoms with van der Waals surface area (Å²) >= 11 is 0. The van der Waals surface area contributed by atoms with Gasteiger partial charge in [0.2, 0.25) is 0 Å². The van der Waals surface area contributed by atoms with Crippen LogP contribution in [-0.2, 0) is 0 Å². The minimum absolute atomic E-state index is 0.369. The van der Waals surface area contributed by atoms with Crippen LogP contribution in [0.3, 0.4) is 0 Å². The number of aliphatic hydroxyl groups is 1. The SMILES string of the molecule is C=C[C@](C)(O)CCC1C(=C)CC[C@H]2C(C)(C)CCC[C@]12C. The molecule has 1 unspecified atom stereocenters. The van der Waals surface area contributed by atoms with Crippen LogP contribution in [-0.4, -0.2) is 10.7 Å². The van der Waals surface area contributed by atoms with Crippen LogP contribution < -0.4 is 0 Å². The van der Waals surface area contributed by atoms with Gasteiger partial charge in [0.25, 0.3) is 0 Å². The van der Waals surface area contributed by atoms with Gasteiger partial charge in [-0.2, -0.15) is 0 Å². The Labute approximate surface area is 131 Å². The Kier molecular flexibility index (Phi) is 4.46. The van der Waals surface area contributed by atoms with Crippen molar-refractivity contribution in [2.75, 3.05) is 0 Å². The molecule has 0 heterocycles. The molecule has 0 bridgehead atoms. The average Bonchev–Trinajstić information content (AvgIpc) is 2.36. The van der Waals surface area contributed by atoms with Crippen molar-refractivity contribution in [1.82, 2.24) is 0 Å². The maximum atomic E-state index is 10.3. The Morgan fingerprint density at radius 2 is 2.00 bits per heavy atom. The van der Waals surface area contributed by atoms with Gasteiger partial charge in [-0.15, -0.1) is 6.58 Å². The summed E-state index contributed by atoms with van der Waals surface area (Å²) in [5, 5.41) is 10.3. The van der Waals surface area contributed by atoms with Gasteiger partial charge >= 0.3 is 0 Å². The molecule has 1 nitrogen and oxygen atoms in total. The van der Waals surface area contributed by atoms with Gasteiger partial charge in [0.15, 0.2) is 0 Å². The smallest absolute Gasteiger partial charge is 0.0797 e. The van der Waals surface area contributed by atoms with Gasteiger partial charge in [-0.05, 0) is 68.1 Å². The molecule has 1 heteroatoms. The molecule has 0 saturated heterocycles. The largest absolute Gasteiger partial charge is 0.386 e. The monoisotopic (exact) mass is 290 g/mol. The van der Waals surface area contributed by atoms with Gasteiger partial charge in [0.05, 0.1) is 5.60 Å². The molecule has 2 saturated carbocycles. The van der Waals surface area contributed by atoms with Crippen molar-refractivity contribution in [3.8, 4) is 0 Å². The van der Waals surface area contributed by atoms with E-state index in [9.17, 15) is 5.11 Å². The summed E-state index contributed by atoms with van der Waals surface area (Å²) in [5.41, 5.74) is 1.50. The fourth-order valence-electron chi connectivity index (χ4n) is 5.35. The van der Waals surface area contributed by atoms with E-state index in [2.05, 4.69) is 33.9 Å². The van der Waals surface area contributed by atoms with Crippen LogP contribution in [0.15, 0.2) is 24.8 Å². The molecule has 0 aromatic rings. The third-order valence-corrected chi connectivity index (χ3v) is 6.70. The fourth-order valence-corrected chi connectivity index (χ4v) is 5.35. The summed E-state index contributed by atoms with van der Waals surface area (Å²) in [6, 6.07) is 0. The van der Waals surface area contributed by atoms with Gasteiger partial charge in [0, 0.05) is 0 Å². The lowest BCUT2D eigenvalue weighted by atomic mass is 9.47. The number of rotatable bonds is 4. The molecule has 4 atom stereocenters. The van der Waals surface area contributed by atoms with E-state index in [4.69, 9.17) is 0 Å². The second kappa shape index (κ2) is 5.57. The van der Waals surface area contributed by atoms with E-state index < -0.39 is 5.60 Å². The summed E-state index contributed by atoms with van der Waals surface area (Å²) in [7, 11) is 0. The van der Waals surface area contributed by atoms with Gasteiger partial charge < -0.3 is 5.11 Å². The third-order valence-electron chi connectivity index (χ3n) is 6.70. The molecule has 0 amide bonds. The van der Waals surface area contributed by atoms with E-state index in [0.29, 0.717) is 16.7 Å². The summed E-state index contributed by atoms with van der Waals surface area (Å²) in [5.74, 6) is 1.35. The normalized spacial score (nSPS) is 38.4. The number of fused-ring (bicyclic) bond motifs is 1. The quantitative estimate of drug-likeness (QED) is 0.678. The third kappa shape index (κ3) is 3.13. The van der Waals surface area contributed by atoms with Crippen molar-refractivity contribution in [1.29, 1.82) is 0 Å². The zero-order valence-corrected chi connectivity index (χ0v) is 14.5. The molecule has 2 fully saturated rings. The van der Waals surface area contributed by atoms with Gasteiger partial charge in [-0.25, -0.2) is 0 Å². The first-order valence-corrected chi connectivity index (χ1v) is 8.66. The number of hydrogen-bond acceptors (Lipinski definition) is 1. The molecule has 2 aliphatic rings. The lowest BCUT2D eigenvalue weighted by molar-refractivity contribution is -0.0583. The van der Waals surface area contributed by atoms with Crippen LogP contribution in [0.4, 0.5) is 0 Å². The standard InChI is InChI=1S/C20H34O/c1-7-19(5,21)14-11-16-15(2)9-10-17-18(3,4)12-8-13-20(16,17)6/h7,16-17,21H,1-2,8-14H2,3-6H3/t16?,17-,19-,20+/m0/s1. The lowest BCUT2D eigenvalue weighted by Crippen LogP contribution is -2.49. The predicted octanol–water partition coefficient (Wildman–Crippen LogP) is 5.50. The Morgan fingerprint density at radius 1 is 1.33 bits per heavy atom. The van der Waals surface area contributed by atoms with Crippen molar-refractivity contribution in [2.24, 2.45) is 22.7 Å². The summed E-state index contributed by atoms with van der Waals surface area (Å²) < 4.78 is 0. The second-order valence-electron chi connectivity index (χ2n) is 8.75. The molecular formula is C20H34O. The summed E-state index contributed by atoms with van der Waals surface area (Å²) in [6.07, 6.45) is 10.0. The highest BCUT2D eigenvalue weighted by molar-refractivity contribution is 5.16. The predicted molar refractivity (Wildman–Crippen MR) is 91.1 cm³/mol. The Morgan fingerprint density at radius 3 is 2.62 bits per heavy atom. The molecule has 120 valence electrons. The van der Waals surface area contributed by atoms with Crippen LogP contribution >= 0.6 is 0 Å². The van der Waals surface area contributed by atoms with Gasteiger partial charge in [-0.3, -0.25) is 0 Å². The first-order chi connectivity index (χ1) is 9.62. The van der Waals surface area contributed by atoms with E-state index in [0.717, 1.165) is 18.8 Å². The molecule has 2 aliphatic carbocycles. The van der Waals surface area contributed by atoms with Gasteiger partial charge in [-0.1, -0.05) is 45.4 Å². The number of allylic oxidation sites excluding steroid dienone is 1. The van der Waals surface area contributed by atoms with E-state index in [1.807, 2.05) is 6.92 Å². The molecular weight excluding hydrogens is 256 g/mol. The molecule has 0 spiro atoms. The topological polar surface area (TPSA) is 20.2 Å². The van der Waals surface area contributed by atoms with Crippen molar-refractivity contribution < 1.29 is 5.11 Å². The zero-order chi connectivity index (χ0) is 15.9. The summed E-state index contributed by atoms with van der Waals surface area (Å²) in [6.45, 7) is 17.4. The van der Waals surface area contributed by atoms with Crippen molar-refractivity contribution in [3.05, 3.63) is 24.8 Å². The Balaban J connectivity index is 2.21. The second-order valence-corrected chi connectivity index (χ2v) is 8.75. The van der Waals surface area contributed by atoms with E-state index >= 15 is 0 Å². The van der Waals surface area contributed by atoms with Crippen LogP contribution in [0.5, 0.6) is 0 Å². The zero-order valence-electron chi connectivity index (χ0n) is 14.5. The highest BCUT2D eigenvalue weighted by Crippen LogP contribution is 2.61. The van der Waals surface area contributed by atoms with Crippen LogP contribution in [0.1, 0.15) is 72.6 Å². The van der Waals surface area contributed by atoms with Crippen LogP contribution in [0, 0.1) is 22.7 Å². The molecule has 21 heavy (non-hydrogen) atoms. The van der Waals surface area contributed by atoms with Crippen LogP contribution in [0.25, 0.3) is 0 Å².